The number of halogens is 8. The molecule has 132 valence electrons. The predicted molar refractivity (Wildman–Crippen MR) is 48.7 cm³/mol. The number of rotatable bonds is 6. The smallest absolute Gasteiger partial charge is 0.388 e. The van der Waals surface area contributed by atoms with E-state index in [1.165, 1.54) is 0 Å². The second kappa shape index (κ2) is 7.32. The summed E-state index contributed by atoms with van der Waals surface area (Å²) >= 11 is 0. The summed E-state index contributed by atoms with van der Waals surface area (Å²) < 4.78 is 102. The standard InChI is InChI=1S/C9H4F8O6/c10-4(11)8(14,15)6(20)22-2(18)1-3(19)23-7(21)9(16,17)5(12)13/h4-5H,1H2. The molecule has 0 N–H and O–H groups in total. The maximum Gasteiger partial charge on any atom is 0.402 e. The van der Waals surface area contributed by atoms with Crippen LogP contribution in [0.3, 0.4) is 0 Å². The molecule has 0 unspecified atom stereocenters. The minimum absolute atomic E-state index is 1.93. The number of hydrogen-bond acceptors (Lipinski definition) is 6. The summed E-state index contributed by atoms with van der Waals surface area (Å²) in [5.41, 5.74) is 0. The Morgan fingerprint density at radius 2 is 0.957 bits per heavy atom. The average molecular weight is 360 g/mol. The maximum absolute atomic E-state index is 12.4. The molecule has 0 aliphatic rings. The average Bonchev–Trinajstić information content (AvgIpc) is 2.37. The van der Waals surface area contributed by atoms with Crippen LogP contribution in [0.4, 0.5) is 35.1 Å². The number of alkyl halides is 8. The Bertz CT molecular complexity index is 458. The van der Waals surface area contributed by atoms with Gasteiger partial charge in [0.25, 0.3) is 0 Å². The molecule has 6 nitrogen and oxygen atoms in total. The van der Waals surface area contributed by atoms with E-state index >= 15 is 0 Å². The number of hydrogen-bond donors (Lipinski definition) is 0. The first-order valence-corrected chi connectivity index (χ1v) is 5.05. The molecule has 23 heavy (non-hydrogen) atoms. The summed E-state index contributed by atoms with van der Waals surface area (Å²) in [4.78, 5) is 42.4. The van der Waals surface area contributed by atoms with Crippen molar-refractivity contribution in [1.29, 1.82) is 0 Å². The van der Waals surface area contributed by atoms with E-state index in [-0.39, 0.29) is 0 Å². The summed E-state index contributed by atoms with van der Waals surface area (Å²) in [5, 5.41) is 0. The molecule has 0 aliphatic carbocycles. The molecule has 0 saturated carbocycles. The van der Waals surface area contributed by atoms with E-state index < -0.39 is 55.0 Å². The molecule has 0 radical (unpaired) electrons. The van der Waals surface area contributed by atoms with Crippen molar-refractivity contribution in [1.82, 2.24) is 0 Å². The zero-order valence-electron chi connectivity index (χ0n) is 10.3. The molecule has 0 amide bonds. The van der Waals surface area contributed by atoms with Gasteiger partial charge in [0.05, 0.1) is 0 Å². The second-order valence-corrected chi connectivity index (χ2v) is 3.55. The monoisotopic (exact) mass is 360 g/mol. The van der Waals surface area contributed by atoms with Crippen LogP contribution in [0.5, 0.6) is 0 Å². The lowest BCUT2D eigenvalue weighted by Crippen LogP contribution is -2.40. The maximum atomic E-state index is 12.4. The van der Waals surface area contributed by atoms with Crippen LogP contribution in [0, 0.1) is 0 Å². The molecule has 14 heteroatoms. The topological polar surface area (TPSA) is 86.7 Å². The van der Waals surface area contributed by atoms with E-state index in [4.69, 9.17) is 0 Å². The third kappa shape index (κ3) is 5.45. The van der Waals surface area contributed by atoms with Crippen LogP contribution < -0.4 is 0 Å². The van der Waals surface area contributed by atoms with Gasteiger partial charge in [0.1, 0.15) is 6.42 Å². The lowest BCUT2D eigenvalue weighted by atomic mass is 10.3. The summed E-state index contributed by atoms with van der Waals surface area (Å²) in [7, 11) is 0. The normalized spacial score (nSPS) is 12.3. The molecule has 0 spiro atoms. The zero-order valence-corrected chi connectivity index (χ0v) is 10.3. The highest BCUT2D eigenvalue weighted by Gasteiger charge is 2.53. The van der Waals surface area contributed by atoms with Crippen LogP contribution >= 0.6 is 0 Å². The Labute approximate surface area is 120 Å². The third-order valence-electron chi connectivity index (χ3n) is 1.79. The van der Waals surface area contributed by atoms with E-state index in [2.05, 4.69) is 9.47 Å². The SMILES string of the molecule is O=C(CC(=O)OC(=O)C(F)(F)C(F)F)OC(=O)C(F)(F)C(F)F. The number of esters is 4. The van der Waals surface area contributed by atoms with Gasteiger partial charge in [-0.05, 0) is 0 Å². The van der Waals surface area contributed by atoms with Crippen molar-refractivity contribution in [3.8, 4) is 0 Å². The van der Waals surface area contributed by atoms with Crippen molar-refractivity contribution in [3.05, 3.63) is 0 Å². The fraction of sp³-hybridized carbons (Fsp3) is 0.556. The molecule has 0 fully saturated rings. The minimum Gasteiger partial charge on any atom is -0.388 e. The van der Waals surface area contributed by atoms with Gasteiger partial charge in [0, 0.05) is 0 Å². The van der Waals surface area contributed by atoms with Gasteiger partial charge < -0.3 is 9.47 Å². The first-order valence-electron chi connectivity index (χ1n) is 5.05. The minimum atomic E-state index is -5.40. The van der Waals surface area contributed by atoms with Gasteiger partial charge >= 0.3 is 48.6 Å². The number of carbonyl (C=O) groups excluding carboxylic acids is 4. The molecular weight excluding hydrogens is 356 g/mol. The van der Waals surface area contributed by atoms with Gasteiger partial charge in [-0.3, -0.25) is 9.59 Å². The Balaban J connectivity index is 4.62. The zero-order chi connectivity index (χ0) is 18.6. The van der Waals surface area contributed by atoms with Gasteiger partial charge in [0.15, 0.2) is 0 Å². The lowest BCUT2D eigenvalue weighted by molar-refractivity contribution is -0.199. The first-order chi connectivity index (χ1) is 10.2. The van der Waals surface area contributed by atoms with Crippen LogP contribution in [0.15, 0.2) is 0 Å². The van der Waals surface area contributed by atoms with Crippen molar-refractivity contribution in [2.75, 3.05) is 0 Å². The lowest BCUT2D eigenvalue weighted by Gasteiger charge is -2.13. The van der Waals surface area contributed by atoms with Crippen molar-refractivity contribution < 1.29 is 63.8 Å². The number of carbonyl (C=O) groups is 4. The largest absolute Gasteiger partial charge is 0.402 e. The van der Waals surface area contributed by atoms with Gasteiger partial charge in [0.2, 0.25) is 0 Å². The molecule has 0 atom stereocenters. The molecule has 0 aromatic heterocycles. The van der Waals surface area contributed by atoms with Crippen LogP contribution in [0.2, 0.25) is 0 Å². The van der Waals surface area contributed by atoms with Crippen molar-refractivity contribution in [2.45, 2.75) is 31.1 Å². The second-order valence-electron chi connectivity index (χ2n) is 3.55. The van der Waals surface area contributed by atoms with E-state index in [1.54, 1.807) is 0 Å². The molecule has 0 saturated heterocycles. The highest BCUT2D eigenvalue weighted by atomic mass is 19.3. The molecule has 0 aromatic carbocycles. The Kier molecular flexibility index (Phi) is 6.60. The van der Waals surface area contributed by atoms with Crippen molar-refractivity contribution >= 4 is 23.9 Å². The molecule has 0 aliphatic heterocycles. The predicted octanol–water partition coefficient (Wildman–Crippen LogP) is 1.32. The molecule has 0 heterocycles. The van der Waals surface area contributed by atoms with Crippen LogP contribution in [-0.2, 0) is 28.7 Å². The number of ether oxygens (including phenoxy) is 2. The first kappa shape index (κ1) is 20.7. The fourth-order valence-corrected chi connectivity index (χ4v) is 0.711. The highest BCUT2D eigenvalue weighted by molar-refractivity contribution is 6.01. The van der Waals surface area contributed by atoms with E-state index in [9.17, 15) is 54.3 Å². The molecule has 0 aromatic rings. The molecule has 0 bridgehead atoms. The van der Waals surface area contributed by atoms with Crippen LogP contribution in [0.1, 0.15) is 6.42 Å². The summed E-state index contributed by atoms with van der Waals surface area (Å²) in [5.74, 6) is -21.5. The Morgan fingerprint density at radius 3 is 1.17 bits per heavy atom. The quantitative estimate of drug-likeness (QED) is 0.403. The van der Waals surface area contributed by atoms with E-state index in [0.717, 1.165) is 0 Å². The Morgan fingerprint density at radius 1 is 0.696 bits per heavy atom. The van der Waals surface area contributed by atoms with Crippen LogP contribution in [0.25, 0.3) is 0 Å². The highest BCUT2D eigenvalue weighted by Crippen LogP contribution is 2.25. The van der Waals surface area contributed by atoms with Crippen molar-refractivity contribution in [3.63, 3.8) is 0 Å². The van der Waals surface area contributed by atoms with Crippen LogP contribution in [-0.4, -0.2) is 48.6 Å². The molecule has 0 rings (SSSR count). The summed E-state index contributed by atoms with van der Waals surface area (Å²) in [6.45, 7) is 0. The molecular formula is C9H4F8O6. The van der Waals surface area contributed by atoms with E-state index in [1.807, 2.05) is 0 Å². The van der Waals surface area contributed by atoms with Crippen molar-refractivity contribution in [2.24, 2.45) is 0 Å². The van der Waals surface area contributed by atoms with Gasteiger partial charge in [-0.2, -0.15) is 17.6 Å². The summed E-state index contributed by atoms with van der Waals surface area (Å²) in [6.07, 6.45) is -11.0. The summed E-state index contributed by atoms with van der Waals surface area (Å²) in [6, 6.07) is 0. The van der Waals surface area contributed by atoms with Gasteiger partial charge in [-0.25, -0.2) is 27.2 Å². The van der Waals surface area contributed by atoms with Gasteiger partial charge in [-0.1, -0.05) is 0 Å². The van der Waals surface area contributed by atoms with Gasteiger partial charge in [-0.15, -0.1) is 0 Å². The van der Waals surface area contributed by atoms with E-state index in [0.29, 0.717) is 0 Å². The fourth-order valence-electron chi connectivity index (χ4n) is 0.711. The Hall–Kier alpha value is -2.28. The third-order valence-corrected chi connectivity index (χ3v) is 1.79.